The third-order valence-corrected chi connectivity index (χ3v) is 5.13. The Kier molecular flexibility index (Phi) is 5.29. The lowest BCUT2D eigenvalue weighted by Gasteiger charge is -2.32. The van der Waals surface area contributed by atoms with Crippen molar-refractivity contribution in [1.82, 2.24) is 29.6 Å². The van der Waals surface area contributed by atoms with E-state index in [0.717, 1.165) is 38.5 Å². The number of aryl methyl sites for hydroxylation is 1. The van der Waals surface area contributed by atoms with Crippen LogP contribution in [-0.2, 0) is 10.7 Å². The van der Waals surface area contributed by atoms with Gasteiger partial charge in [-0.05, 0) is 20.0 Å². The number of carbonyl (C=O) groups is 1. The van der Waals surface area contributed by atoms with E-state index in [1.165, 1.54) is 17.7 Å². The summed E-state index contributed by atoms with van der Waals surface area (Å²) in [5.41, 5.74) is 0.599. The summed E-state index contributed by atoms with van der Waals surface area (Å²) in [5, 5.41) is 8.07. The molecule has 0 bridgehead atoms. The Morgan fingerprint density at radius 2 is 1.87 bits per heavy atom. The summed E-state index contributed by atoms with van der Waals surface area (Å²) in [5.74, 6) is -2.33. The maximum Gasteiger partial charge on any atom is 0.287 e. The first-order valence-electron chi connectivity index (χ1n) is 9.96. The molecule has 9 nitrogen and oxygen atoms in total. The van der Waals surface area contributed by atoms with Crippen molar-refractivity contribution in [2.75, 3.05) is 43.4 Å². The molecule has 0 radical (unpaired) electrons. The first-order chi connectivity index (χ1) is 14.6. The fraction of sp³-hybridized carbons (Fsp3) is 0.450. The molecule has 11 heteroatoms. The van der Waals surface area contributed by atoms with Gasteiger partial charge in [0.15, 0.2) is 5.82 Å². The van der Waals surface area contributed by atoms with Crippen LogP contribution in [0.15, 0.2) is 18.3 Å². The van der Waals surface area contributed by atoms with E-state index >= 15 is 0 Å². The number of likely N-dealkylation sites (N-methyl/N-ethyl adjacent to an activating group) is 1. The molecule has 1 N–H and O–H groups in total. The Morgan fingerprint density at radius 3 is 2.52 bits per heavy atom. The molecule has 0 spiro atoms. The van der Waals surface area contributed by atoms with Crippen LogP contribution in [0.4, 0.5) is 20.4 Å². The zero-order chi connectivity index (χ0) is 22.3. The molecule has 1 fully saturated rings. The quantitative estimate of drug-likeness (QED) is 0.679. The molecule has 1 amide bonds. The standard InChI is InChI=1S/C20H24F2N8O/c1-12-9-16(20(3,21)22)26-19(24-12)30-15-10-17(25-13(2)31)23-11-14(15)18(27-30)29-7-5-28(4)6-8-29/h9-11H,5-8H2,1-4H3,(H,23,25,31). The highest BCUT2D eigenvalue weighted by Crippen LogP contribution is 2.31. The number of fused-ring (bicyclic) bond motifs is 1. The topological polar surface area (TPSA) is 92.1 Å². The average molecular weight is 430 g/mol. The molecule has 3 aromatic heterocycles. The second-order valence-electron chi connectivity index (χ2n) is 7.88. The first kappa shape index (κ1) is 21.0. The number of nitrogens with one attached hydrogen (secondary N) is 1. The largest absolute Gasteiger partial charge is 0.352 e. The molecule has 1 saturated heterocycles. The van der Waals surface area contributed by atoms with Gasteiger partial charge in [0, 0.05) is 58.0 Å². The number of hydrogen-bond acceptors (Lipinski definition) is 7. The minimum Gasteiger partial charge on any atom is -0.352 e. The van der Waals surface area contributed by atoms with E-state index in [0.29, 0.717) is 22.8 Å². The molecule has 4 rings (SSSR count). The van der Waals surface area contributed by atoms with Crippen molar-refractivity contribution in [3.8, 4) is 5.95 Å². The van der Waals surface area contributed by atoms with Gasteiger partial charge in [-0.1, -0.05) is 0 Å². The number of nitrogens with zero attached hydrogens (tertiary/aromatic N) is 7. The number of piperazine rings is 1. The Bertz CT molecular complexity index is 1130. The van der Waals surface area contributed by atoms with Gasteiger partial charge in [-0.25, -0.2) is 15.0 Å². The minimum absolute atomic E-state index is 0.0434. The maximum absolute atomic E-state index is 14.0. The zero-order valence-corrected chi connectivity index (χ0v) is 17.9. The maximum atomic E-state index is 14.0. The van der Waals surface area contributed by atoms with Gasteiger partial charge in [0.05, 0.1) is 10.9 Å². The molecule has 0 aliphatic carbocycles. The van der Waals surface area contributed by atoms with Crippen molar-refractivity contribution < 1.29 is 13.6 Å². The summed E-state index contributed by atoms with van der Waals surface area (Å²) in [4.78, 5) is 28.6. The summed E-state index contributed by atoms with van der Waals surface area (Å²) in [6.07, 6.45) is 1.63. The molecule has 0 unspecified atom stereocenters. The summed E-state index contributed by atoms with van der Waals surface area (Å²) >= 11 is 0. The van der Waals surface area contributed by atoms with E-state index in [4.69, 9.17) is 5.10 Å². The second kappa shape index (κ2) is 7.80. The van der Waals surface area contributed by atoms with Crippen LogP contribution in [0.25, 0.3) is 16.9 Å². The van der Waals surface area contributed by atoms with Crippen LogP contribution in [-0.4, -0.2) is 68.8 Å². The summed E-state index contributed by atoms with van der Waals surface area (Å²) in [6, 6.07) is 2.92. The van der Waals surface area contributed by atoms with E-state index in [1.54, 1.807) is 19.2 Å². The van der Waals surface area contributed by atoms with Gasteiger partial charge in [-0.15, -0.1) is 5.10 Å². The van der Waals surface area contributed by atoms with Crippen molar-refractivity contribution in [2.45, 2.75) is 26.7 Å². The highest BCUT2D eigenvalue weighted by atomic mass is 19.3. The summed E-state index contributed by atoms with van der Waals surface area (Å²) < 4.78 is 29.4. The number of halogens is 2. The molecule has 164 valence electrons. The molecule has 4 heterocycles. The molecular weight excluding hydrogens is 406 g/mol. The lowest BCUT2D eigenvalue weighted by molar-refractivity contribution is -0.114. The third kappa shape index (κ3) is 4.31. The van der Waals surface area contributed by atoms with E-state index in [9.17, 15) is 13.6 Å². The van der Waals surface area contributed by atoms with Crippen LogP contribution in [0.1, 0.15) is 25.2 Å². The highest BCUT2D eigenvalue weighted by molar-refractivity contribution is 5.95. The van der Waals surface area contributed by atoms with Crippen LogP contribution < -0.4 is 10.2 Å². The van der Waals surface area contributed by atoms with Gasteiger partial charge < -0.3 is 15.1 Å². The molecule has 0 saturated carbocycles. The van der Waals surface area contributed by atoms with Gasteiger partial charge in [0.25, 0.3) is 11.9 Å². The number of anilines is 2. The predicted octanol–water partition coefficient (Wildman–Crippen LogP) is 2.34. The molecule has 1 aliphatic rings. The number of amides is 1. The first-order valence-corrected chi connectivity index (χ1v) is 9.96. The Balaban J connectivity index is 1.89. The lowest BCUT2D eigenvalue weighted by Crippen LogP contribution is -2.44. The Labute approximate surface area is 178 Å². The van der Waals surface area contributed by atoms with Crippen LogP contribution in [0.5, 0.6) is 0 Å². The highest BCUT2D eigenvalue weighted by Gasteiger charge is 2.29. The lowest BCUT2D eigenvalue weighted by atomic mass is 10.2. The monoisotopic (exact) mass is 430 g/mol. The fourth-order valence-corrected chi connectivity index (χ4v) is 3.52. The Hall–Kier alpha value is -3.21. The van der Waals surface area contributed by atoms with Crippen molar-refractivity contribution in [1.29, 1.82) is 0 Å². The zero-order valence-electron chi connectivity index (χ0n) is 17.9. The number of alkyl halides is 2. The van der Waals surface area contributed by atoms with E-state index in [1.807, 2.05) is 0 Å². The van der Waals surface area contributed by atoms with Gasteiger partial charge in [-0.2, -0.15) is 13.5 Å². The smallest absolute Gasteiger partial charge is 0.287 e. The van der Waals surface area contributed by atoms with Crippen molar-refractivity contribution >= 4 is 28.4 Å². The Morgan fingerprint density at radius 1 is 1.16 bits per heavy atom. The SMILES string of the molecule is CC(=O)Nc1cc2c(cn1)c(N1CCN(C)CC1)nn2-c1nc(C)cc(C(C)(F)F)n1. The number of rotatable bonds is 4. The molecular formula is C20H24F2N8O. The summed E-state index contributed by atoms with van der Waals surface area (Å²) in [6.45, 7) is 7.11. The molecule has 0 atom stereocenters. The second-order valence-corrected chi connectivity index (χ2v) is 7.88. The van der Waals surface area contributed by atoms with Crippen LogP contribution in [0.2, 0.25) is 0 Å². The third-order valence-electron chi connectivity index (χ3n) is 5.13. The number of carbonyl (C=O) groups excluding carboxylic acids is 1. The normalized spacial score (nSPS) is 15.5. The van der Waals surface area contributed by atoms with Gasteiger partial charge in [0.2, 0.25) is 5.91 Å². The van der Waals surface area contributed by atoms with Gasteiger partial charge in [0.1, 0.15) is 11.5 Å². The molecule has 1 aliphatic heterocycles. The number of hydrogen-bond donors (Lipinski definition) is 1. The number of pyridine rings is 1. The molecule has 31 heavy (non-hydrogen) atoms. The van der Waals surface area contributed by atoms with Gasteiger partial charge >= 0.3 is 0 Å². The van der Waals surface area contributed by atoms with Crippen molar-refractivity contribution in [2.24, 2.45) is 0 Å². The molecule has 0 aromatic carbocycles. The van der Waals surface area contributed by atoms with Crippen molar-refractivity contribution in [3.63, 3.8) is 0 Å². The van der Waals surface area contributed by atoms with Crippen LogP contribution in [0.3, 0.4) is 0 Å². The van der Waals surface area contributed by atoms with Crippen LogP contribution >= 0.6 is 0 Å². The fourth-order valence-electron chi connectivity index (χ4n) is 3.52. The van der Waals surface area contributed by atoms with E-state index in [-0.39, 0.29) is 17.5 Å². The summed E-state index contributed by atoms with van der Waals surface area (Å²) in [7, 11) is 2.06. The number of aromatic nitrogens is 5. The van der Waals surface area contributed by atoms with E-state index < -0.39 is 5.92 Å². The minimum atomic E-state index is -3.12. The van der Waals surface area contributed by atoms with Crippen LogP contribution in [0, 0.1) is 6.92 Å². The van der Waals surface area contributed by atoms with Gasteiger partial charge in [-0.3, -0.25) is 4.79 Å². The predicted molar refractivity (Wildman–Crippen MR) is 113 cm³/mol. The average Bonchev–Trinajstić information content (AvgIpc) is 3.06. The van der Waals surface area contributed by atoms with E-state index in [2.05, 4.69) is 37.1 Å². The molecule has 3 aromatic rings. The van der Waals surface area contributed by atoms with Crippen molar-refractivity contribution in [3.05, 3.63) is 29.7 Å².